The van der Waals surface area contributed by atoms with Crippen LogP contribution in [0, 0.1) is 116 Å². The van der Waals surface area contributed by atoms with Crippen LogP contribution in [0.4, 0.5) is 87.8 Å². The van der Waals surface area contributed by atoms with E-state index in [0.717, 1.165) is 56.5 Å². The van der Waals surface area contributed by atoms with Crippen LogP contribution in [-0.2, 0) is 0 Å². The monoisotopic (exact) mass is 1200 g/mol. The Morgan fingerprint density at radius 3 is 0.988 bits per heavy atom. The van der Waals surface area contributed by atoms with Crippen LogP contribution in [0.15, 0.2) is 121 Å². The van der Waals surface area contributed by atoms with Crippen molar-refractivity contribution >= 4 is 97.0 Å². The number of halogens is 20. The number of benzene rings is 11. The van der Waals surface area contributed by atoms with Crippen molar-refractivity contribution in [3.63, 3.8) is 0 Å². The molecule has 0 fully saturated rings. The lowest BCUT2D eigenvalue weighted by atomic mass is 9.36. The molecule has 0 unspecified atom stereocenters. The highest BCUT2D eigenvalue weighted by Crippen LogP contribution is 2.44. The summed E-state index contributed by atoms with van der Waals surface area (Å²) in [5, 5.41) is 6.00. The van der Waals surface area contributed by atoms with Crippen LogP contribution >= 0.6 is 0 Å². The molecule has 424 valence electrons. The molecule has 0 aliphatic carbocycles. The summed E-state index contributed by atoms with van der Waals surface area (Å²) in [4.78, 5) is 0. The maximum Gasteiger partial charge on any atom is 0.257 e. The molecule has 11 aromatic rings. The lowest BCUT2D eigenvalue weighted by molar-refractivity contribution is 0.382. The van der Waals surface area contributed by atoms with E-state index in [0.29, 0.717) is 43.8 Å². The molecule has 0 radical (unpaired) electrons. The summed E-state index contributed by atoms with van der Waals surface area (Å²) in [6.07, 6.45) is 0. The molecule has 0 N–H and O–H groups in total. The lowest BCUT2D eigenvalue weighted by Gasteiger charge is -2.34. The summed E-state index contributed by atoms with van der Waals surface area (Å²) in [6.45, 7) is -1.46. The van der Waals surface area contributed by atoms with Crippen LogP contribution < -0.4 is 43.2 Å². The van der Waals surface area contributed by atoms with Crippen LogP contribution in [0.25, 0.3) is 65.7 Å². The van der Waals surface area contributed by atoms with Gasteiger partial charge in [-0.15, -0.1) is 0 Å². The van der Waals surface area contributed by atoms with E-state index in [2.05, 4.69) is 13.1 Å². The summed E-state index contributed by atoms with van der Waals surface area (Å²) < 4.78 is 299. The quantitative estimate of drug-likeness (QED) is 0.0468. The molecule has 23 heteroatoms. The summed E-state index contributed by atoms with van der Waals surface area (Å²) in [5.74, 6) is -51.7. The Kier molecular flexibility index (Phi) is 13.4. The van der Waals surface area contributed by atoms with Gasteiger partial charge in [0.25, 0.3) is 13.4 Å². The molecule has 85 heavy (non-hydrogen) atoms. The van der Waals surface area contributed by atoms with E-state index in [1.54, 1.807) is 30.3 Å². The zero-order chi connectivity index (χ0) is 60.9. The zero-order valence-electron chi connectivity index (χ0n) is 42.8. The molecule has 0 saturated heterocycles. The minimum Gasteiger partial charge on any atom is -0.204 e. The molecular weight excluding hydrogens is 1170 g/mol. The first-order chi connectivity index (χ1) is 40.3. The Labute approximate surface area is 467 Å². The van der Waals surface area contributed by atoms with E-state index in [9.17, 15) is 52.7 Å². The van der Waals surface area contributed by atoms with Gasteiger partial charge in [0, 0.05) is 21.9 Å². The van der Waals surface area contributed by atoms with E-state index in [-0.39, 0.29) is 0 Å². The van der Waals surface area contributed by atoms with Gasteiger partial charge < -0.3 is 0 Å². The molecule has 0 aromatic heterocycles. The van der Waals surface area contributed by atoms with E-state index in [1.807, 2.05) is 42.5 Å². The summed E-state index contributed by atoms with van der Waals surface area (Å²) in [5.41, 5.74) is -5.70. The van der Waals surface area contributed by atoms with Gasteiger partial charge in [-0.25, -0.2) is 87.8 Å². The van der Waals surface area contributed by atoms with E-state index >= 15 is 35.1 Å². The molecule has 0 atom stereocenters. The molecule has 1 aliphatic rings. The van der Waals surface area contributed by atoms with Gasteiger partial charge in [-0.2, -0.15) is 0 Å². The van der Waals surface area contributed by atoms with E-state index < -0.39 is 171 Å². The number of rotatable bonds is 8. The van der Waals surface area contributed by atoms with Crippen LogP contribution in [0.5, 0.6) is 0 Å². The summed E-state index contributed by atoms with van der Waals surface area (Å²) in [6, 6.07) is 30.8. The minimum absolute atomic E-state index is 0.308. The predicted molar refractivity (Wildman–Crippen MR) is 286 cm³/mol. The van der Waals surface area contributed by atoms with Gasteiger partial charge in [0.2, 0.25) is 0 Å². The van der Waals surface area contributed by atoms with Gasteiger partial charge in [-0.05, 0) is 88.2 Å². The Morgan fingerprint density at radius 1 is 0.247 bits per heavy atom. The molecule has 1 aliphatic heterocycles. The third-order valence-electron chi connectivity index (χ3n) is 15.9. The van der Waals surface area contributed by atoms with Crippen LogP contribution in [0.2, 0.25) is 13.1 Å². The second kappa shape index (κ2) is 20.2. The smallest absolute Gasteiger partial charge is 0.204 e. The predicted octanol–water partition coefficient (Wildman–Crippen LogP) is 13.1. The number of hydrogen-bond acceptors (Lipinski definition) is 0. The van der Waals surface area contributed by atoms with Crippen molar-refractivity contribution in [3.05, 3.63) is 238 Å². The first-order valence-electron chi connectivity index (χ1n) is 25.1. The Bertz CT molecular complexity index is 4510. The Morgan fingerprint density at radius 2 is 0.576 bits per heavy atom. The van der Waals surface area contributed by atoms with Crippen molar-refractivity contribution in [3.8, 4) is 33.4 Å². The molecule has 11 aromatic carbocycles. The van der Waals surface area contributed by atoms with Crippen molar-refractivity contribution in [2.24, 2.45) is 0 Å². The second-order valence-electron chi connectivity index (χ2n) is 20.6. The molecule has 12 rings (SSSR count). The van der Waals surface area contributed by atoms with Gasteiger partial charge in [-0.1, -0.05) is 133 Å². The first-order valence-corrected chi connectivity index (χ1v) is 28.1. The fourth-order valence-corrected chi connectivity index (χ4v) is 14.9. The fourth-order valence-electron chi connectivity index (χ4n) is 11.8. The van der Waals surface area contributed by atoms with Crippen molar-refractivity contribution in [1.29, 1.82) is 0 Å². The SMILES string of the molecule is C[Si]1(C)c2cc(-c3ccc(B(c4c(F)c(F)c(F)c(F)c4F)c4c(F)c(F)c(F)c(F)c4F)cc3)ccc2-c2cc3c4ccccc4c(-c4ccc(B(c5c(F)c(F)c(F)c(F)c5F)c5c(F)c(F)c(F)c(F)c5F)cc4)cc3c3cccc1c23. The lowest BCUT2D eigenvalue weighted by Crippen LogP contribution is -2.58. The molecule has 0 spiro atoms. The van der Waals surface area contributed by atoms with Crippen molar-refractivity contribution in [2.45, 2.75) is 13.1 Å². The zero-order valence-corrected chi connectivity index (χ0v) is 43.8. The highest BCUT2D eigenvalue weighted by atomic mass is 28.3. The van der Waals surface area contributed by atoms with Crippen molar-refractivity contribution in [1.82, 2.24) is 0 Å². The average molecular weight is 1200 g/mol. The molecule has 0 amide bonds. The van der Waals surface area contributed by atoms with Crippen LogP contribution in [-0.4, -0.2) is 21.5 Å². The summed E-state index contributed by atoms with van der Waals surface area (Å²) in [7, 11) is -2.84. The fraction of sp³-hybridized carbons (Fsp3) is 0.0323. The third kappa shape index (κ3) is 8.22. The van der Waals surface area contributed by atoms with Gasteiger partial charge in [0.05, 0.1) is 0 Å². The highest BCUT2D eigenvalue weighted by Gasteiger charge is 2.43. The van der Waals surface area contributed by atoms with Gasteiger partial charge in [0.15, 0.2) is 116 Å². The van der Waals surface area contributed by atoms with Crippen LogP contribution in [0.1, 0.15) is 0 Å². The average Bonchev–Trinajstić information content (AvgIpc) is 1.06. The Balaban J connectivity index is 0.982. The standard InChI is InChI=1S/C62H26B2F20Si/c1-85(2)36-9-5-8-31-34-21-32(24-12-17-27(18-13-24)64(41-47(69)55(77)61(83)56(78)48(41)70)42-49(71)57(79)62(84)58(80)50(42)72)28-6-3-4-7-29(28)33(34)22-35(38(31)36)30-19-14-25(20-37(30)85)23-10-15-26(16-11-23)63(39-43(65)51(73)59(81)52(74)44(39)66)40-45(67)53(75)60(82)54(76)46(40)68/h3-22H,1-2H3. The van der Waals surface area contributed by atoms with E-state index in [1.165, 1.54) is 24.3 Å². The first kappa shape index (κ1) is 56.6. The number of hydrogen-bond donors (Lipinski definition) is 0. The van der Waals surface area contributed by atoms with Gasteiger partial charge >= 0.3 is 0 Å². The summed E-state index contributed by atoms with van der Waals surface area (Å²) >= 11 is 0. The maximum absolute atomic E-state index is 15.6. The molecule has 0 saturated carbocycles. The topological polar surface area (TPSA) is 0 Å². The normalized spacial score (nSPS) is 12.7. The third-order valence-corrected chi connectivity index (χ3v) is 19.4. The van der Waals surface area contributed by atoms with Gasteiger partial charge in [0.1, 0.15) is 8.07 Å². The largest absolute Gasteiger partial charge is 0.257 e. The van der Waals surface area contributed by atoms with Crippen LogP contribution in [0.3, 0.4) is 0 Å². The Hall–Kier alpha value is -8.85. The van der Waals surface area contributed by atoms with Crippen molar-refractivity contribution < 1.29 is 87.8 Å². The minimum atomic E-state index is -2.84. The van der Waals surface area contributed by atoms with E-state index in [4.69, 9.17) is 0 Å². The maximum atomic E-state index is 15.6. The molecular formula is C62H26B2F20Si. The number of fused-ring (bicyclic) bond motifs is 6. The molecule has 1 heterocycles. The van der Waals surface area contributed by atoms with Crippen molar-refractivity contribution in [2.75, 3.05) is 0 Å². The second-order valence-corrected chi connectivity index (χ2v) is 25.0. The molecule has 0 nitrogen and oxygen atoms in total. The molecule has 0 bridgehead atoms. The van der Waals surface area contributed by atoms with Gasteiger partial charge in [-0.3, -0.25) is 0 Å². The highest BCUT2D eigenvalue weighted by molar-refractivity contribution is 7.03.